The van der Waals surface area contributed by atoms with Gasteiger partial charge in [0.05, 0.1) is 11.4 Å². The van der Waals surface area contributed by atoms with Crippen LogP contribution in [0.15, 0.2) is 70.6 Å². The van der Waals surface area contributed by atoms with E-state index >= 15 is 0 Å². The molecule has 0 radical (unpaired) electrons. The van der Waals surface area contributed by atoms with Crippen LogP contribution in [0.1, 0.15) is 0 Å². The number of benzene rings is 2. The number of amides is 2. The molecule has 1 heterocycles. The molecule has 24 heavy (non-hydrogen) atoms. The molecular weight excluding hydrogens is 328 g/mol. The molecular formula is C16H16N4O3S. The summed E-state index contributed by atoms with van der Waals surface area (Å²) in [5, 5.41) is 2.50. The average molecular weight is 344 g/mol. The van der Waals surface area contributed by atoms with Gasteiger partial charge in [-0.3, -0.25) is 10.3 Å². The second-order valence-corrected chi connectivity index (χ2v) is 6.75. The normalized spacial score (nSPS) is 14.2. The summed E-state index contributed by atoms with van der Waals surface area (Å²) < 4.78 is 26.3. The molecule has 124 valence electrons. The van der Waals surface area contributed by atoms with Crippen LogP contribution in [0.2, 0.25) is 0 Å². The predicted octanol–water partition coefficient (Wildman–Crippen LogP) is 1.55. The summed E-state index contributed by atoms with van der Waals surface area (Å²) in [6, 6.07) is 16.3. The minimum absolute atomic E-state index is 0.0217. The second-order valence-electron chi connectivity index (χ2n) is 5.07. The van der Waals surface area contributed by atoms with E-state index in [2.05, 4.69) is 10.3 Å². The first-order valence-electron chi connectivity index (χ1n) is 7.32. The second kappa shape index (κ2) is 6.71. The highest BCUT2D eigenvalue weighted by atomic mass is 32.2. The van der Waals surface area contributed by atoms with E-state index in [1.54, 1.807) is 18.2 Å². The third-order valence-electron chi connectivity index (χ3n) is 3.41. The topological polar surface area (TPSA) is 90.9 Å². The number of rotatable bonds is 3. The van der Waals surface area contributed by atoms with Gasteiger partial charge in [-0.2, -0.15) is 0 Å². The third-order valence-corrected chi connectivity index (χ3v) is 4.76. The van der Waals surface area contributed by atoms with Crippen molar-refractivity contribution in [3.05, 3.63) is 60.7 Å². The monoisotopic (exact) mass is 344 g/mol. The van der Waals surface area contributed by atoms with Gasteiger partial charge in [0.15, 0.2) is 0 Å². The molecule has 8 heteroatoms. The molecule has 0 bridgehead atoms. The molecule has 2 aromatic rings. The van der Waals surface area contributed by atoms with Crippen molar-refractivity contribution in [3.8, 4) is 0 Å². The number of aliphatic imine (C=N–C) groups is 1. The molecule has 0 fully saturated rings. The van der Waals surface area contributed by atoms with Gasteiger partial charge in [-0.1, -0.05) is 36.4 Å². The molecule has 0 spiro atoms. The largest absolute Gasteiger partial charge is 0.335 e. The lowest BCUT2D eigenvalue weighted by atomic mass is 10.3. The minimum Gasteiger partial charge on any atom is -0.310 e. The summed E-state index contributed by atoms with van der Waals surface area (Å²) in [5.74, 6) is 0.321. The van der Waals surface area contributed by atoms with E-state index in [1.165, 1.54) is 12.1 Å². The van der Waals surface area contributed by atoms with Gasteiger partial charge in [-0.25, -0.2) is 17.9 Å². The highest BCUT2D eigenvalue weighted by Crippen LogP contribution is 2.16. The van der Waals surface area contributed by atoms with Crippen LogP contribution in [-0.2, 0) is 10.0 Å². The minimum atomic E-state index is -3.92. The van der Waals surface area contributed by atoms with E-state index in [1.807, 2.05) is 40.0 Å². The Bertz CT molecular complexity index is 851. The maximum absolute atomic E-state index is 12.1. The summed E-state index contributed by atoms with van der Waals surface area (Å²) in [6.45, 7) is 1.14. The molecule has 0 saturated heterocycles. The maximum atomic E-state index is 12.1. The molecule has 3 rings (SSSR count). The van der Waals surface area contributed by atoms with Crippen molar-refractivity contribution >= 4 is 27.7 Å². The summed E-state index contributed by atoms with van der Waals surface area (Å²) in [7, 11) is -3.92. The van der Waals surface area contributed by atoms with Crippen molar-refractivity contribution in [2.75, 3.05) is 18.0 Å². The Labute approximate surface area is 140 Å². The zero-order valence-corrected chi connectivity index (χ0v) is 13.5. The molecule has 0 saturated carbocycles. The quantitative estimate of drug-likeness (QED) is 0.884. The average Bonchev–Trinajstić information content (AvgIpc) is 3.04. The molecule has 7 nitrogen and oxygen atoms in total. The highest BCUT2D eigenvalue weighted by Gasteiger charge is 2.23. The predicted molar refractivity (Wildman–Crippen MR) is 91.4 cm³/mol. The Kier molecular flexibility index (Phi) is 4.48. The fourth-order valence-electron chi connectivity index (χ4n) is 2.32. The van der Waals surface area contributed by atoms with Gasteiger partial charge < -0.3 is 4.90 Å². The van der Waals surface area contributed by atoms with Gasteiger partial charge in [0.2, 0.25) is 5.96 Å². The number of nitrogens with zero attached hydrogens (tertiary/aromatic N) is 2. The number of para-hydroxylation sites is 1. The van der Waals surface area contributed by atoms with Crippen molar-refractivity contribution in [1.82, 2.24) is 10.0 Å². The Hall–Kier alpha value is -2.87. The highest BCUT2D eigenvalue weighted by molar-refractivity contribution is 7.90. The molecule has 2 aromatic carbocycles. The van der Waals surface area contributed by atoms with Crippen LogP contribution in [0.25, 0.3) is 0 Å². The van der Waals surface area contributed by atoms with Crippen LogP contribution in [0.5, 0.6) is 0 Å². The van der Waals surface area contributed by atoms with Gasteiger partial charge in [0.25, 0.3) is 10.0 Å². The van der Waals surface area contributed by atoms with Crippen molar-refractivity contribution in [3.63, 3.8) is 0 Å². The van der Waals surface area contributed by atoms with E-state index in [0.29, 0.717) is 19.0 Å². The number of nitrogens with one attached hydrogen (secondary N) is 2. The lowest BCUT2D eigenvalue weighted by Crippen LogP contribution is -2.47. The first-order chi connectivity index (χ1) is 11.6. The van der Waals surface area contributed by atoms with Crippen LogP contribution in [0.3, 0.4) is 0 Å². The molecule has 0 aromatic heterocycles. The Morgan fingerprint density at radius 3 is 2.29 bits per heavy atom. The fraction of sp³-hybridized carbons (Fsp3) is 0.125. The Morgan fingerprint density at radius 2 is 1.62 bits per heavy atom. The first-order valence-corrected chi connectivity index (χ1v) is 8.80. The molecule has 2 amide bonds. The standard InChI is InChI=1S/C16H16N4O3S/c21-16(19-24(22,23)14-9-5-2-6-10-14)18-15-17-11-12-20(15)13-7-3-1-4-8-13/h1-10H,11-12H2,(H2,17,18,19,21). The number of anilines is 1. The molecule has 1 aliphatic rings. The van der Waals surface area contributed by atoms with E-state index in [4.69, 9.17) is 0 Å². The van der Waals surface area contributed by atoms with Crippen LogP contribution in [-0.4, -0.2) is 33.5 Å². The van der Waals surface area contributed by atoms with E-state index in [-0.39, 0.29) is 4.90 Å². The lowest BCUT2D eigenvalue weighted by Gasteiger charge is -2.20. The number of carbonyl (C=O) groups excluding carboxylic acids is 1. The van der Waals surface area contributed by atoms with E-state index < -0.39 is 16.1 Å². The maximum Gasteiger partial charge on any atom is 0.335 e. The number of urea groups is 1. The zero-order valence-electron chi connectivity index (χ0n) is 12.7. The number of guanidine groups is 1. The van der Waals surface area contributed by atoms with Gasteiger partial charge in [-0.15, -0.1) is 0 Å². The van der Waals surface area contributed by atoms with Gasteiger partial charge in [0.1, 0.15) is 0 Å². The number of sulfonamides is 1. The number of hydrogen-bond donors (Lipinski definition) is 2. The smallest absolute Gasteiger partial charge is 0.310 e. The number of carbonyl (C=O) groups is 1. The molecule has 0 unspecified atom stereocenters. The van der Waals surface area contributed by atoms with Crippen molar-refractivity contribution in [1.29, 1.82) is 0 Å². The fourth-order valence-corrected chi connectivity index (χ4v) is 3.25. The third kappa shape index (κ3) is 3.54. The van der Waals surface area contributed by atoms with Gasteiger partial charge in [-0.05, 0) is 24.3 Å². The molecule has 0 aliphatic carbocycles. The van der Waals surface area contributed by atoms with Crippen molar-refractivity contribution in [2.24, 2.45) is 4.99 Å². The van der Waals surface area contributed by atoms with E-state index in [9.17, 15) is 13.2 Å². The number of hydrogen-bond acceptors (Lipinski definition) is 5. The van der Waals surface area contributed by atoms with Crippen molar-refractivity contribution in [2.45, 2.75) is 4.90 Å². The SMILES string of the molecule is O=C(NC1=NCCN1c1ccccc1)NS(=O)(=O)c1ccccc1. The zero-order chi connectivity index (χ0) is 17.0. The summed E-state index contributed by atoms with van der Waals surface area (Å²) in [6.07, 6.45) is 0. The van der Waals surface area contributed by atoms with Crippen LogP contribution in [0.4, 0.5) is 10.5 Å². The molecule has 0 atom stereocenters. The Balaban J connectivity index is 1.69. The van der Waals surface area contributed by atoms with Crippen molar-refractivity contribution < 1.29 is 13.2 Å². The van der Waals surface area contributed by atoms with E-state index in [0.717, 1.165) is 5.69 Å². The summed E-state index contributed by atoms with van der Waals surface area (Å²) in [4.78, 5) is 18.1. The first kappa shape index (κ1) is 16.0. The van der Waals surface area contributed by atoms with Gasteiger partial charge >= 0.3 is 6.03 Å². The lowest BCUT2D eigenvalue weighted by molar-refractivity contribution is 0.250. The molecule has 2 N–H and O–H groups in total. The summed E-state index contributed by atoms with van der Waals surface area (Å²) in [5.41, 5.74) is 0.875. The van der Waals surface area contributed by atoms with Gasteiger partial charge in [0, 0.05) is 12.2 Å². The van der Waals surface area contributed by atoms with Crippen LogP contribution in [0, 0.1) is 0 Å². The Morgan fingerprint density at radius 1 is 1.00 bits per heavy atom. The van der Waals surface area contributed by atoms with Crippen LogP contribution >= 0.6 is 0 Å². The molecule has 1 aliphatic heterocycles. The summed E-state index contributed by atoms with van der Waals surface area (Å²) >= 11 is 0. The van der Waals surface area contributed by atoms with Crippen LogP contribution < -0.4 is 14.9 Å².